The number of para-hydroxylation sites is 1. The number of aromatic nitrogens is 1. The van der Waals surface area contributed by atoms with Crippen molar-refractivity contribution in [3.8, 4) is 11.5 Å². The van der Waals surface area contributed by atoms with Crippen molar-refractivity contribution in [1.82, 2.24) is 4.98 Å². The molecule has 1 aromatic heterocycles. The van der Waals surface area contributed by atoms with Gasteiger partial charge in [0, 0.05) is 26.8 Å². The van der Waals surface area contributed by atoms with Crippen molar-refractivity contribution in [1.29, 1.82) is 0 Å². The first-order valence-electron chi connectivity index (χ1n) is 16.3. The monoisotopic (exact) mass is 755 g/mol. The van der Waals surface area contributed by atoms with Gasteiger partial charge in [-0.25, -0.2) is 4.90 Å². The quantitative estimate of drug-likeness (QED) is 0.183. The Bertz CT molecular complexity index is 2120. The van der Waals surface area contributed by atoms with Gasteiger partial charge in [-0.3, -0.25) is 19.2 Å². The Kier molecular flexibility index (Phi) is 8.46. The van der Waals surface area contributed by atoms with Crippen molar-refractivity contribution in [2.45, 2.75) is 35.7 Å². The fourth-order valence-corrected chi connectivity index (χ4v) is 11.5. The molecule has 2 aliphatic heterocycles. The summed E-state index contributed by atoms with van der Waals surface area (Å²) in [5.74, 6) is -3.56. The Balaban J connectivity index is 1.11. The number of thiazole rings is 1. The minimum absolute atomic E-state index is 0.170. The third kappa shape index (κ3) is 5.71. The summed E-state index contributed by atoms with van der Waals surface area (Å²) in [6.45, 7) is 1.81. The molecule has 264 valence electrons. The number of hydrogen-bond donors (Lipinski definition) is 2. The standard InChI is InChI=1S/C36H29ClF3N3O6S2/c1-2-48-24-13-16(7-12-23(24)49-15-25(44)41-18-10-8-17(37)9-11-18)26-27-19-14-20(30(27)50-32-31(26)51-35(47)42-32)29-28(19)33(45)43(34(29)46)22-6-4-3-5-21(22)36(38,39)40/h3-13,19-20,26-30H,2,14-15H2,1H3,(H,41,44)(H,42,47)/t19-,20-,26+,27-,28+,29+,30-/m1/s1. The molecule has 9 nitrogen and oxygen atoms in total. The van der Waals surface area contributed by atoms with Gasteiger partial charge in [0.15, 0.2) is 18.1 Å². The molecule has 3 aromatic carbocycles. The van der Waals surface area contributed by atoms with Crippen LogP contribution in [0.3, 0.4) is 0 Å². The highest BCUT2D eigenvalue weighted by Crippen LogP contribution is 2.69. The maximum atomic E-state index is 14.1. The molecule has 7 atom stereocenters. The van der Waals surface area contributed by atoms with E-state index in [0.717, 1.165) is 32.7 Å². The van der Waals surface area contributed by atoms with Gasteiger partial charge in [0.1, 0.15) is 0 Å². The lowest BCUT2D eigenvalue weighted by molar-refractivity contribution is -0.137. The number of fused-ring (bicyclic) bond motifs is 9. The number of alkyl halides is 3. The SMILES string of the molecule is CCOc1cc([C@@H]2c3sc(=O)[nH]c3S[C@@H]3[C@@H]4C[C@@H]([C@@H]5C(=O)N(c6ccccc6C(F)(F)F)C(=O)[C@@H]45)[C@H]23)ccc1OCC(=O)Nc1ccc(Cl)cc1. The average molecular weight is 756 g/mol. The molecule has 4 aliphatic rings. The smallest absolute Gasteiger partial charge is 0.418 e. The third-order valence-corrected chi connectivity index (χ3v) is 13.1. The number of hydrogen-bond acceptors (Lipinski definition) is 8. The zero-order valence-electron chi connectivity index (χ0n) is 26.7. The van der Waals surface area contributed by atoms with Crippen molar-refractivity contribution in [2.75, 3.05) is 23.4 Å². The van der Waals surface area contributed by atoms with Gasteiger partial charge in [0.2, 0.25) is 11.8 Å². The number of imide groups is 1. The number of amides is 3. The van der Waals surface area contributed by atoms with Crippen LogP contribution in [0.15, 0.2) is 76.6 Å². The zero-order valence-corrected chi connectivity index (χ0v) is 29.1. The number of nitrogens with zero attached hydrogens (tertiary/aromatic N) is 1. The highest BCUT2D eigenvalue weighted by atomic mass is 35.5. The van der Waals surface area contributed by atoms with Crippen LogP contribution >= 0.6 is 34.7 Å². The van der Waals surface area contributed by atoms with E-state index in [1.807, 2.05) is 19.1 Å². The number of carbonyl (C=O) groups excluding carboxylic acids is 3. The number of halogens is 4. The van der Waals surface area contributed by atoms with E-state index in [1.165, 1.54) is 30.0 Å². The van der Waals surface area contributed by atoms with Crippen molar-refractivity contribution >= 4 is 63.8 Å². The second-order valence-electron chi connectivity index (χ2n) is 13.0. The first kappa shape index (κ1) is 33.9. The Morgan fingerprint density at radius 3 is 2.43 bits per heavy atom. The normalized spacial score (nSPS) is 26.1. The van der Waals surface area contributed by atoms with Gasteiger partial charge in [0.05, 0.1) is 34.7 Å². The number of carbonyl (C=O) groups is 3. The Hall–Kier alpha value is -4.27. The summed E-state index contributed by atoms with van der Waals surface area (Å²) in [5, 5.41) is 3.80. The molecule has 1 saturated heterocycles. The van der Waals surface area contributed by atoms with Crippen LogP contribution in [0.4, 0.5) is 24.5 Å². The van der Waals surface area contributed by atoms with Crippen molar-refractivity contribution in [3.05, 3.63) is 97.4 Å². The van der Waals surface area contributed by atoms with Crippen LogP contribution in [0.2, 0.25) is 5.02 Å². The molecule has 3 fully saturated rings. The number of anilines is 2. The van der Waals surface area contributed by atoms with Gasteiger partial charge >= 0.3 is 11.0 Å². The predicted octanol–water partition coefficient (Wildman–Crippen LogP) is 7.20. The zero-order chi connectivity index (χ0) is 35.8. The summed E-state index contributed by atoms with van der Waals surface area (Å²) in [7, 11) is 0. The van der Waals surface area contributed by atoms with Crippen LogP contribution in [0.1, 0.15) is 35.3 Å². The van der Waals surface area contributed by atoms with Crippen molar-refractivity contribution < 1.29 is 37.0 Å². The van der Waals surface area contributed by atoms with E-state index in [1.54, 1.807) is 30.3 Å². The van der Waals surface area contributed by atoms with Crippen molar-refractivity contribution in [3.63, 3.8) is 0 Å². The van der Waals surface area contributed by atoms with E-state index >= 15 is 0 Å². The van der Waals surface area contributed by atoms with E-state index in [0.29, 0.717) is 40.3 Å². The Morgan fingerprint density at radius 1 is 0.980 bits per heavy atom. The number of ether oxygens (including phenoxy) is 2. The summed E-state index contributed by atoms with van der Waals surface area (Å²) in [6.07, 6.45) is -4.18. The van der Waals surface area contributed by atoms with Crippen LogP contribution in [0, 0.1) is 29.6 Å². The van der Waals surface area contributed by atoms with Crippen LogP contribution < -0.4 is 24.6 Å². The molecule has 3 amide bonds. The molecule has 2 aliphatic carbocycles. The van der Waals surface area contributed by atoms with Gasteiger partial charge in [-0.2, -0.15) is 13.2 Å². The molecular weight excluding hydrogens is 727 g/mol. The lowest BCUT2D eigenvalue weighted by atomic mass is 9.68. The number of thioether (sulfide) groups is 1. The lowest BCUT2D eigenvalue weighted by Crippen LogP contribution is -2.42. The molecule has 0 radical (unpaired) electrons. The summed E-state index contributed by atoms with van der Waals surface area (Å²) in [5.41, 5.74) is -0.120. The minimum atomic E-state index is -4.75. The van der Waals surface area contributed by atoms with Gasteiger partial charge < -0.3 is 19.8 Å². The Labute approximate surface area is 302 Å². The van der Waals surface area contributed by atoms with Gasteiger partial charge in [-0.15, -0.1) is 11.8 Å². The average Bonchev–Trinajstić information content (AvgIpc) is 3.83. The third-order valence-electron chi connectivity index (χ3n) is 10.3. The summed E-state index contributed by atoms with van der Waals surface area (Å²) in [6, 6.07) is 16.7. The predicted molar refractivity (Wildman–Crippen MR) is 186 cm³/mol. The van der Waals surface area contributed by atoms with E-state index in [4.69, 9.17) is 21.1 Å². The van der Waals surface area contributed by atoms with E-state index in [2.05, 4.69) is 10.3 Å². The number of H-pyrrole nitrogens is 1. The van der Waals surface area contributed by atoms with Crippen LogP contribution in [0.25, 0.3) is 0 Å². The van der Waals surface area contributed by atoms with Gasteiger partial charge in [0.25, 0.3) is 5.91 Å². The summed E-state index contributed by atoms with van der Waals surface area (Å²) < 4.78 is 53.9. The second kappa shape index (κ2) is 12.7. The van der Waals surface area contributed by atoms with Gasteiger partial charge in [-0.05, 0) is 85.2 Å². The van der Waals surface area contributed by atoms with Crippen LogP contribution in [-0.4, -0.2) is 41.2 Å². The highest BCUT2D eigenvalue weighted by molar-refractivity contribution is 8.00. The molecule has 3 heterocycles. The first-order chi connectivity index (χ1) is 24.4. The van der Waals surface area contributed by atoms with Gasteiger partial charge in [-0.1, -0.05) is 41.1 Å². The summed E-state index contributed by atoms with van der Waals surface area (Å²) in [4.78, 5) is 57.7. The molecule has 2 bridgehead atoms. The second-order valence-corrected chi connectivity index (χ2v) is 15.6. The maximum absolute atomic E-state index is 14.1. The fourth-order valence-electron chi connectivity index (χ4n) is 8.52. The summed E-state index contributed by atoms with van der Waals surface area (Å²) >= 11 is 8.50. The molecule has 2 saturated carbocycles. The molecule has 15 heteroatoms. The highest BCUT2D eigenvalue weighted by Gasteiger charge is 2.70. The molecule has 4 aromatic rings. The fraction of sp³-hybridized carbons (Fsp3) is 0.333. The van der Waals surface area contributed by atoms with E-state index in [9.17, 15) is 32.3 Å². The Morgan fingerprint density at radius 2 is 1.71 bits per heavy atom. The molecule has 0 spiro atoms. The van der Waals surface area contributed by atoms with E-state index in [-0.39, 0.29) is 40.4 Å². The van der Waals surface area contributed by atoms with Crippen LogP contribution in [0.5, 0.6) is 11.5 Å². The molecular formula is C36H29ClF3N3O6S2. The first-order valence-corrected chi connectivity index (χ1v) is 18.4. The number of benzene rings is 3. The minimum Gasteiger partial charge on any atom is -0.490 e. The van der Waals surface area contributed by atoms with E-state index < -0.39 is 47.0 Å². The van der Waals surface area contributed by atoms with Crippen molar-refractivity contribution in [2.24, 2.45) is 29.6 Å². The molecule has 8 rings (SSSR count). The maximum Gasteiger partial charge on any atom is 0.418 e. The molecule has 0 unspecified atom stereocenters. The number of nitrogens with one attached hydrogen (secondary N) is 2. The largest absolute Gasteiger partial charge is 0.490 e. The lowest BCUT2D eigenvalue weighted by Gasteiger charge is -2.43. The molecule has 51 heavy (non-hydrogen) atoms. The number of rotatable bonds is 8. The van der Waals surface area contributed by atoms with Crippen LogP contribution in [-0.2, 0) is 20.6 Å². The topological polar surface area (TPSA) is 118 Å². The molecule has 2 N–H and O–H groups in total. The number of aromatic amines is 1.